The van der Waals surface area contributed by atoms with Crippen LogP contribution in [-0.2, 0) is 6.42 Å². The van der Waals surface area contributed by atoms with Crippen LogP contribution in [0.2, 0.25) is 5.15 Å². The molecule has 0 fully saturated rings. The second-order valence-electron chi connectivity index (χ2n) is 3.06. The van der Waals surface area contributed by atoms with Gasteiger partial charge in [0.1, 0.15) is 5.82 Å². The molecular formula is C10H10ClN3O. The van der Waals surface area contributed by atoms with Crippen molar-refractivity contribution in [1.82, 2.24) is 15.0 Å². The molecular weight excluding hydrogens is 214 g/mol. The Labute approximate surface area is 92.0 Å². The highest BCUT2D eigenvalue weighted by Gasteiger charge is 2.08. The third-order valence-corrected chi connectivity index (χ3v) is 2.36. The molecule has 2 rings (SSSR count). The Hall–Kier alpha value is -1.39. The van der Waals surface area contributed by atoms with E-state index in [1.54, 1.807) is 12.4 Å². The summed E-state index contributed by atoms with van der Waals surface area (Å²) in [5.74, 6) is 0.700. The molecule has 0 unspecified atom stereocenters. The molecule has 0 radical (unpaired) electrons. The zero-order chi connectivity index (χ0) is 10.7. The summed E-state index contributed by atoms with van der Waals surface area (Å²) in [5, 5.41) is 9.22. The molecule has 0 amide bonds. The first-order valence-corrected chi connectivity index (χ1v) is 4.94. The molecule has 0 aliphatic rings. The number of nitrogens with zero attached hydrogens (tertiary/aromatic N) is 2. The molecule has 0 aliphatic carbocycles. The van der Waals surface area contributed by atoms with Gasteiger partial charge < -0.3 is 10.1 Å². The van der Waals surface area contributed by atoms with Crippen LogP contribution in [0.1, 0.15) is 5.69 Å². The Morgan fingerprint density at radius 1 is 1.33 bits per heavy atom. The Balaban J connectivity index is 2.34. The number of aliphatic hydroxyl groups is 1. The summed E-state index contributed by atoms with van der Waals surface area (Å²) in [6.45, 7) is 0.0533. The highest BCUT2D eigenvalue weighted by Crippen LogP contribution is 2.20. The predicted molar refractivity (Wildman–Crippen MR) is 57.6 cm³/mol. The van der Waals surface area contributed by atoms with E-state index in [9.17, 15) is 0 Å². The smallest absolute Gasteiger partial charge is 0.150 e. The van der Waals surface area contributed by atoms with Crippen LogP contribution in [0.3, 0.4) is 0 Å². The summed E-state index contributed by atoms with van der Waals surface area (Å²) < 4.78 is 0. The average molecular weight is 224 g/mol. The van der Waals surface area contributed by atoms with Gasteiger partial charge in [0.05, 0.1) is 5.69 Å². The van der Waals surface area contributed by atoms with E-state index in [4.69, 9.17) is 16.7 Å². The number of hydrogen-bond donors (Lipinski definition) is 2. The quantitative estimate of drug-likeness (QED) is 0.832. The first-order chi connectivity index (χ1) is 7.31. The van der Waals surface area contributed by atoms with Crippen LogP contribution in [-0.4, -0.2) is 26.7 Å². The van der Waals surface area contributed by atoms with Gasteiger partial charge in [0.25, 0.3) is 0 Å². The molecule has 0 aromatic carbocycles. The fourth-order valence-electron chi connectivity index (χ4n) is 1.31. The van der Waals surface area contributed by atoms with Crippen molar-refractivity contribution in [2.24, 2.45) is 0 Å². The summed E-state index contributed by atoms with van der Waals surface area (Å²) >= 11 is 5.90. The SMILES string of the molecule is OCCc1[nH]c(-c2ccncc2)nc1Cl. The van der Waals surface area contributed by atoms with Crippen molar-refractivity contribution in [2.75, 3.05) is 6.61 Å². The number of pyridine rings is 1. The highest BCUT2D eigenvalue weighted by molar-refractivity contribution is 6.30. The van der Waals surface area contributed by atoms with E-state index in [2.05, 4.69) is 15.0 Å². The van der Waals surface area contributed by atoms with Crippen LogP contribution in [0.25, 0.3) is 11.4 Å². The van der Waals surface area contributed by atoms with E-state index in [1.165, 1.54) is 0 Å². The second-order valence-corrected chi connectivity index (χ2v) is 3.42. The van der Waals surface area contributed by atoms with Crippen molar-refractivity contribution in [1.29, 1.82) is 0 Å². The maximum Gasteiger partial charge on any atom is 0.150 e. The van der Waals surface area contributed by atoms with Crippen LogP contribution < -0.4 is 0 Å². The largest absolute Gasteiger partial charge is 0.396 e. The fraction of sp³-hybridized carbons (Fsp3) is 0.200. The van der Waals surface area contributed by atoms with E-state index in [1.807, 2.05) is 12.1 Å². The van der Waals surface area contributed by atoms with Crippen LogP contribution >= 0.6 is 11.6 Å². The van der Waals surface area contributed by atoms with Crippen LogP contribution in [0, 0.1) is 0 Å². The monoisotopic (exact) mass is 223 g/mol. The van der Waals surface area contributed by atoms with E-state index in [0.29, 0.717) is 17.4 Å². The molecule has 2 N–H and O–H groups in total. The maximum absolute atomic E-state index is 8.81. The Bertz CT molecular complexity index is 441. The number of imidazole rings is 1. The van der Waals surface area contributed by atoms with Crippen LogP contribution in [0.15, 0.2) is 24.5 Å². The second kappa shape index (κ2) is 4.42. The number of hydrogen-bond acceptors (Lipinski definition) is 3. The Morgan fingerprint density at radius 3 is 2.73 bits per heavy atom. The molecule has 2 aromatic heterocycles. The number of aromatic nitrogens is 3. The zero-order valence-corrected chi connectivity index (χ0v) is 8.70. The van der Waals surface area contributed by atoms with Gasteiger partial charge in [-0.1, -0.05) is 11.6 Å². The van der Waals surface area contributed by atoms with Crippen molar-refractivity contribution in [3.8, 4) is 11.4 Å². The molecule has 0 aliphatic heterocycles. The summed E-state index contributed by atoms with van der Waals surface area (Å²) in [6, 6.07) is 3.69. The predicted octanol–water partition coefficient (Wildman–Crippen LogP) is 1.66. The molecule has 5 heteroatoms. The van der Waals surface area contributed by atoms with Gasteiger partial charge in [0.2, 0.25) is 0 Å². The van der Waals surface area contributed by atoms with Crippen LogP contribution in [0.4, 0.5) is 0 Å². The number of H-pyrrole nitrogens is 1. The fourth-order valence-corrected chi connectivity index (χ4v) is 1.54. The van der Waals surface area contributed by atoms with E-state index >= 15 is 0 Å². The number of aliphatic hydroxyl groups excluding tert-OH is 1. The Morgan fingerprint density at radius 2 is 2.07 bits per heavy atom. The number of nitrogens with one attached hydrogen (secondary N) is 1. The Kier molecular flexibility index (Phi) is 2.99. The molecule has 0 saturated carbocycles. The van der Waals surface area contributed by atoms with Gasteiger partial charge in [0.15, 0.2) is 5.15 Å². The molecule has 0 atom stereocenters. The van der Waals surface area contributed by atoms with Crippen molar-refractivity contribution in [2.45, 2.75) is 6.42 Å². The van der Waals surface area contributed by atoms with Crippen molar-refractivity contribution < 1.29 is 5.11 Å². The lowest BCUT2D eigenvalue weighted by atomic mass is 10.2. The van der Waals surface area contributed by atoms with Crippen molar-refractivity contribution >= 4 is 11.6 Å². The lowest BCUT2D eigenvalue weighted by Gasteiger charge is -1.94. The molecule has 4 nitrogen and oxygen atoms in total. The van der Waals surface area contributed by atoms with Gasteiger partial charge >= 0.3 is 0 Å². The van der Waals surface area contributed by atoms with E-state index in [0.717, 1.165) is 11.3 Å². The molecule has 15 heavy (non-hydrogen) atoms. The highest BCUT2D eigenvalue weighted by atomic mass is 35.5. The van der Waals surface area contributed by atoms with E-state index < -0.39 is 0 Å². The first kappa shape index (κ1) is 10.1. The first-order valence-electron chi connectivity index (χ1n) is 4.57. The lowest BCUT2D eigenvalue weighted by Crippen LogP contribution is -1.91. The minimum atomic E-state index is 0.0533. The maximum atomic E-state index is 8.81. The van der Waals surface area contributed by atoms with Gasteiger partial charge in [-0.05, 0) is 12.1 Å². The van der Waals surface area contributed by atoms with Gasteiger partial charge in [-0.25, -0.2) is 4.98 Å². The number of rotatable bonds is 3. The third kappa shape index (κ3) is 2.16. The summed E-state index contributed by atoms with van der Waals surface area (Å²) in [5.41, 5.74) is 1.68. The van der Waals surface area contributed by atoms with Gasteiger partial charge in [-0.3, -0.25) is 4.98 Å². The molecule has 0 saturated heterocycles. The molecule has 0 bridgehead atoms. The number of halogens is 1. The van der Waals surface area contributed by atoms with E-state index in [-0.39, 0.29) is 6.61 Å². The lowest BCUT2D eigenvalue weighted by molar-refractivity contribution is 0.298. The van der Waals surface area contributed by atoms with Crippen molar-refractivity contribution in [3.63, 3.8) is 0 Å². The third-order valence-electron chi connectivity index (χ3n) is 2.04. The molecule has 0 spiro atoms. The minimum absolute atomic E-state index is 0.0533. The average Bonchev–Trinajstić information content (AvgIpc) is 2.63. The molecule has 2 aromatic rings. The minimum Gasteiger partial charge on any atom is -0.396 e. The van der Waals surface area contributed by atoms with Gasteiger partial charge in [-0.15, -0.1) is 0 Å². The van der Waals surface area contributed by atoms with Crippen molar-refractivity contribution in [3.05, 3.63) is 35.4 Å². The molecule has 78 valence electrons. The summed E-state index contributed by atoms with van der Waals surface area (Å²) in [7, 11) is 0. The zero-order valence-electron chi connectivity index (χ0n) is 7.94. The standard InChI is InChI=1S/C10H10ClN3O/c11-9-8(3-6-15)13-10(14-9)7-1-4-12-5-2-7/h1-2,4-5,15H,3,6H2,(H,13,14). The van der Waals surface area contributed by atoms with Gasteiger partial charge in [-0.2, -0.15) is 0 Å². The topological polar surface area (TPSA) is 61.8 Å². The molecule has 2 heterocycles. The summed E-state index contributed by atoms with van der Waals surface area (Å²) in [6.07, 6.45) is 3.87. The van der Waals surface area contributed by atoms with Gasteiger partial charge in [0, 0.05) is 31.0 Å². The summed E-state index contributed by atoms with van der Waals surface area (Å²) in [4.78, 5) is 11.2. The number of aromatic amines is 1. The van der Waals surface area contributed by atoms with Crippen LogP contribution in [0.5, 0.6) is 0 Å². The normalized spacial score (nSPS) is 10.5.